The highest BCUT2D eigenvalue weighted by molar-refractivity contribution is 7.80. The van der Waals surface area contributed by atoms with Crippen molar-refractivity contribution in [2.45, 2.75) is 108 Å². The Morgan fingerprint density at radius 3 is 1.27 bits per heavy atom. The van der Waals surface area contributed by atoms with Gasteiger partial charge in [0.15, 0.2) is 0 Å². The molecule has 4 rings (SSSR count). The maximum Gasteiger partial charge on any atom is 0.326 e. The second-order valence-electron chi connectivity index (χ2n) is 17.4. The summed E-state index contributed by atoms with van der Waals surface area (Å²) in [6, 6.07) is 17.2. The molecule has 0 bridgehead atoms. The number of thiol groups is 1. The highest BCUT2D eigenvalue weighted by Crippen LogP contribution is 2.17. The SMILES string of the molecule is CC[C@H](C)[C@H](NC(=O)[C@@H](N)CS)C(=O)N[C@@H](Cc1ccc(O)cc1)C(=O)N[C@@H](CCCCN)C(=O)N[C@@H](Cc1ccc(O)cc1)C(=O)N[C@@H](Cc1ccc(O)cc1)C(=O)N[C@@H](Cc1ccccc1)C(=O)O. The molecular weight excluding hydrogens is 933 g/mol. The molecule has 14 N–H and O–H groups in total. The van der Waals surface area contributed by atoms with Crippen LogP contribution in [0.25, 0.3) is 0 Å². The van der Waals surface area contributed by atoms with E-state index >= 15 is 0 Å². The summed E-state index contributed by atoms with van der Waals surface area (Å²) in [4.78, 5) is 96.9. The lowest BCUT2D eigenvalue weighted by molar-refractivity contribution is -0.142. The Labute approximate surface area is 418 Å². The van der Waals surface area contributed by atoms with Crippen LogP contribution in [-0.4, -0.2) is 116 Å². The second-order valence-corrected chi connectivity index (χ2v) is 17.8. The zero-order valence-electron chi connectivity index (χ0n) is 39.8. The molecule has 0 aromatic heterocycles. The first-order chi connectivity index (χ1) is 33.9. The Hall–Kier alpha value is -7.16. The zero-order chi connectivity index (χ0) is 52.0. The van der Waals surface area contributed by atoms with Crippen molar-refractivity contribution in [1.29, 1.82) is 0 Å². The van der Waals surface area contributed by atoms with E-state index in [0.29, 0.717) is 41.5 Å². The zero-order valence-corrected chi connectivity index (χ0v) is 40.6. The molecule has 0 heterocycles. The van der Waals surface area contributed by atoms with Gasteiger partial charge in [0.25, 0.3) is 0 Å². The van der Waals surface area contributed by atoms with Crippen LogP contribution in [-0.2, 0) is 59.2 Å². The summed E-state index contributed by atoms with van der Waals surface area (Å²) in [6.07, 6.45) is 0.754. The minimum atomic E-state index is -1.44. The van der Waals surface area contributed by atoms with Crippen molar-refractivity contribution in [3.63, 3.8) is 0 Å². The number of carboxylic acid groups (broad SMARTS) is 1. The topological polar surface area (TPSA) is 325 Å². The Balaban J connectivity index is 1.67. The quantitative estimate of drug-likeness (QED) is 0.0284. The molecule has 20 heteroatoms. The summed E-state index contributed by atoms with van der Waals surface area (Å²) < 4.78 is 0. The van der Waals surface area contributed by atoms with Gasteiger partial charge in [-0.3, -0.25) is 28.8 Å². The summed E-state index contributed by atoms with van der Waals surface area (Å²) in [5, 5.41) is 56.2. The van der Waals surface area contributed by atoms with E-state index in [0.717, 1.165) is 0 Å². The monoisotopic (exact) mass is 998 g/mol. The van der Waals surface area contributed by atoms with Crippen molar-refractivity contribution in [1.82, 2.24) is 31.9 Å². The highest BCUT2D eigenvalue weighted by Gasteiger charge is 2.35. The molecule has 19 nitrogen and oxygen atoms in total. The Morgan fingerprint density at radius 1 is 0.507 bits per heavy atom. The van der Waals surface area contributed by atoms with Crippen LogP contribution in [0.4, 0.5) is 0 Å². The number of phenols is 3. The number of hydrogen-bond donors (Lipinski definition) is 13. The molecule has 0 saturated carbocycles. The number of hydrogen-bond acceptors (Lipinski definition) is 13. The third-order valence-corrected chi connectivity index (χ3v) is 12.2. The molecule has 0 aliphatic rings. The molecule has 0 radical (unpaired) electrons. The second kappa shape index (κ2) is 28.5. The van der Waals surface area contributed by atoms with Crippen LogP contribution in [0.3, 0.4) is 0 Å². The van der Waals surface area contributed by atoms with Crippen LogP contribution in [0.5, 0.6) is 17.2 Å². The summed E-state index contributed by atoms with van der Waals surface area (Å²) in [6.45, 7) is 3.82. The van der Waals surface area contributed by atoms with Crippen molar-refractivity contribution in [2.24, 2.45) is 17.4 Å². The molecule has 6 amide bonds. The number of aromatic hydroxyl groups is 3. The van der Waals surface area contributed by atoms with Gasteiger partial charge in [-0.25, -0.2) is 4.79 Å². The molecular formula is C51H66N8O11S. The third-order valence-electron chi connectivity index (χ3n) is 11.8. The first-order valence-corrected chi connectivity index (χ1v) is 24.0. The van der Waals surface area contributed by atoms with Crippen molar-refractivity contribution < 1.29 is 54.0 Å². The van der Waals surface area contributed by atoms with Gasteiger partial charge in [0.2, 0.25) is 35.4 Å². The number of unbranched alkanes of at least 4 members (excludes halogenated alkanes) is 1. The van der Waals surface area contributed by atoms with E-state index in [4.69, 9.17) is 11.5 Å². The lowest BCUT2D eigenvalue weighted by atomic mass is 9.96. The smallest absolute Gasteiger partial charge is 0.326 e. The number of amides is 6. The van der Waals surface area contributed by atoms with Gasteiger partial charge in [-0.1, -0.05) is 87.0 Å². The van der Waals surface area contributed by atoms with Gasteiger partial charge in [0.1, 0.15) is 53.5 Å². The summed E-state index contributed by atoms with van der Waals surface area (Å²) >= 11 is 4.09. The number of carbonyl (C=O) groups is 7. The number of nitrogens with two attached hydrogens (primary N) is 2. The van der Waals surface area contributed by atoms with Gasteiger partial charge in [0, 0.05) is 31.4 Å². The fourth-order valence-electron chi connectivity index (χ4n) is 7.44. The van der Waals surface area contributed by atoms with Crippen LogP contribution in [0.2, 0.25) is 0 Å². The van der Waals surface area contributed by atoms with Crippen molar-refractivity contribution in [3.8, 4) is 17.2 Å². The summed E-state index contributed by atoms with van der Waals surface area (Å²) in [5.74, 6) is -6.53. The molecule has 0 fully saturated rings. The average molecular weight is 999 g/mol. The number of carbonyl (C=O) groups excluding carboxylic acids is 6. The number of rotatable bonds is 28. The number of aliphatic carboxylic acids is 1. The Bertz CT molecular complexity index is 2380. The summed E-state index contributed by atoms with van der Waals surface area (Å²) in [7, 11) is 0. The van der Waals surface area contributed by atoms with E-state index in [1.54, 1.807) is 49.4 Å². The minimum absolute atomic E-state index is 0.00967. The van der Waals surface area contributed by atoms with Crippen molar-refractivity contribution >= 4 is 54.0 Å². The molecule has 382 valence electrons. The normalized spacial score (nSPS) is 14.4. The molecule has 4 aromatic rings. The van der Waals surface area contributed by atoms with Crippen LogP contribution < -0.4 is 43.4 Å². The minimum Gasteiger partial charge on any atom is -0.508 e. The Kier molecular flexibility index (Phi) is 22.6. The van der Waals surface area contributed by atoms with Crippen molar-refractivity contribution in [2.75, 3.05) is 12.3 Å². The van der Waals surface area contributed by atoms with Gasteiger partial charge >= 0.3 is 5.97 Å². The van der Waals surface area contributed by atoms with E-state index in [1.165, 1.54) is 60.7 Å². The van der Waals surface area contributed by atoms with Gasteiger partial charge in [-0.2, -0.15) is 12.6 Å². The number of phenolic OH excluding ortho intramolecular Hbond substituents is 3. The summed E-state index contributed by atoms with van der Waals surface area (Å²) in [5.41, 5.74) is 13.8. The van der Waals surface area contributed by atoms with E-state index in [9.17, 15) is 54.0 Å². The maximum atomic E-state index is 14.5. The van der Waals surface area contributed by atoms with Crippen LogP contribution in [0, 0.1) is 5.92 Å². The van der Waals surface area contributed by atoms with Crippen molar-refractivity contribution in [3.05, 3.63) is 125 Å². The van der Waals surface area contributed by atoms with Gasteiger partial charge in [0.05, 0.1) is 6.04 Å². The van der Waals surface area contributed by atoms with E-state index in [-0.39, 0.29) is 61.7 Å². The number of carboxylic acids is 1. The molecule has 0 unspecified atom stereocenters. The molecule has 0 spiro atoms. The van der Waals surface area contributed by atoms with E-state index < -0.39 is 89.6 Å². The molecule has 0 aliphatic heterocycles. The fraction of sp³-hybridized carbons (Fsp3) is 0.392. The first kappa shape index (κ1) is 56.4. The predicted octanol–water partition coefficient (Wildman–Crippen LogP) is 1.50. The van der Waals surface area contributed by atoms with Gasteiger partial charge in [-0.05, 0) is 90.4 Å². The predicted molar refractivity (Wildman–Crippen MR) is 269 cm³/mol. The lowest BCUT2D eigenvalue weighted by Crippen LogP contribution is -2.61. The lowest BCUT2D eigenvalue weighted by Gasteiger charge is -2.29. The van der Waals surface area contributed by atoms with Gasteiger partial charge in [-0.15, -0.1) is 0 Å². The standard InChI is InChI=1S/C51H66N8O11S/c1-3-30(2)44(59-45(63)38(53)29-71)50(68)57-42(27-34-16-22-37(62)23-17-34)47(65)54-39(11-7-8-24-52)46(64)55-40(25-32-12-18-35(60)19-13-32)48(66)56-41(26-33-14-20-36(61)21-15-33)49(67)58-43(51(69)70)28-31-9-5-4-6-10-31/h4-6,9-10,12-23,30,38-44,60-62,71H,3,7-8,11,24-29,52-53H2,1-2H3,(H,54,65)(H,55,64)(H,56,66)(H,57,68)(H,58,67)(H,59,63)(H,69,70)/t30-,38-,39-,40-,41-,42-,43-,44-/m0/s1. The Morgan fingerprint density at radius 2 is 0.873 bits per heavy atom. The van der Waals surface area contributed by atoms with E-state index in [2.05, 4.69) is 44.5 Å². The first-order valence-electron chi connectivity index (χ1n) is 23.4. The molecule has 4 aromatic carbocycles. The maximum absolute atomic E-state index is 14.5. The van der Waals surface area contributed by atoms with Gasteiger partial charge < -0.3 is 63.8 Å². The molecule has 0 saturated heterocycles. The number of nitrogens with one attached hydrogen (secondary N) is 6. The van der Waals surface area contributed by atoms with Crippen LogP contribution >= 0.6 is 12.6 Å². The fourth-order valence-corrected chi connectivity index (χ4v) is 7.60. The molecule has 0 aliphatic carbocycles. The third kappa shape index (κ3) is 18.6. The molecule has 8 atom stereocenters. The van der Waals surface area contributed by atoms with E-state index in [1.807, 2.05) is 6.92 Å². The number of benzene rings is 4. The largest absolute Gasteiger partial charge is 0.508 e. The molecule has 71 heavy (non-hydrogen) atoms. The highest BCUT2D eigenvalue weighted by atomic mass is 32.1. The van der Waals surface area contributed by atoms with Crippen LogP contribution in [0.15, 0.2) is 103 Å². The van der Waals surface area contributed by atoms with Crippen LogP contribution in [0.1, 0.15) is 61.8 Å². The average Bonchev–Trinajstić information content (AvgIpc) is 3.35.